The quantitative estimate of drug-likeness (QED) is 0.358. The van der Waals surface area contributed by atoms with Gasteiger partial charge in [-0.1, -0.05) is 24.3 Å². The van der Waals surface area contributed by atoms with Crippen molar-refractivity contribution in [2.45, 2.75) is 19.6 Å². The Bertz CT molecular complexity index is 587. The number of nitrogens with zero attached hydrogens (tertiary/aromatic N) is 1. The number of benzene rings is 1. The highest BCUT2D eigenvalue weighted by atomic mass is 16.7. The third-order valence-corrected chi connectivity index (χ3v) is 3.29. The molecule has 0 bridgehead atoms. The van der Waals surface area contributed by atoms with Crippen molar-refractivity contribution < 1.29 is 23.9 Å². The van der Waals surface area contributed by atoms with E-state index < -0.39 is 16.7 Å². The van der Waals surface area contributed by atoms with E-state index in [-0.39, 0.29) is 12.2 Å². The van der Waals surface area contributed by atoms with Crippen LogP contribution in [0.2, 0.25) is 0 Å². The molecule has 22 heavy (non-hydrogen) atoms. The van der Waals surface area contributed by atoms with E-state index >= 15 is 0 Å². The van der Waals surface area contributed by atoms with E-state index in [1.807, 2.05) is 0 Å². The normalized spacial score (nSPS) is 17.3. The number of esters is 1. The van der Waals surface area contributed by atoms with Gasteiger partial charge in [-0.05, 0) is 19.4 Å². The zero-order valence-electron chi connectivity index (χ0n) is 12.4. The molecule has 1 aromatic carbocycles. The monoisotopic (exact) mass is 307 g/mol. The van der Waals surface area contributed by atoms with E-state index in [2.05, 4.69) is 0 Å². The van der Waals surface area contributed by atoms with Crippen molar-refractivity contribution in [2.24, 2.45) is 0 Å². The van der Waals surface area contributed by atoms with Crippen LogP contribution in [0.1, 0.15) is 25.0 Å². The van der Waals surface area contributed by atoms with Gasteiger partial charge in [0.1, 0.15) is 5.57 Å². The lowest BCUT2D eigenvalue weighted by atomic mass is 10.0. The van der Waals surface area contributed by atoms with Crippen LogP contribution < -0.4 is 0 Å². The summed E-state index contributed by atoms with van der Waals surface area (Å²) >= 11 is 0. The summed E-state index contributed by atoms with van der Waals surface area (Å²) in [5.41, 5.74) is 1.08. The van der Waals surface area contributed by atoms with Crippen LogP contribution in [0.4, 0.5) is 0 Å². The van der Waals surface area contributed by atoms with Crippen molar-refractivity contribution in [1.82, 2.24) is 0 Å². The van der Waals surface area contributed by atoms with Gasteiger partial charge in [0.15, 0.2) is 5.79 Å². The summed E-state index contributed by atoms with van der Waals surface area (Å²) in [6.45, 7) is 4.60. The molecule has 1 aliphatic heterocycles. The first kappa shape index (κ1) is 16.1. The molecule has 0 atom stereocenters. The van der Waals surface area contributed by atoms with E-state index in [4.69, 9.17) is 14.2 Å². The predicted octanol–water partition coefficient (Wildman–Crippen LogP) is 2.09. The average molecular weight is 307 g/mol. The van der Waals surface area contributed by atoms with E-state index in [1.165, 1.54) is 0 Å². The summed E-state index contributed by atoms with van der Waals surface area (Å²) < 4.78 is 15.9. The van der Waals surface area contributed by atoms with Crippen LogP contribution in [0.15, 0.2) is 30.5 Å². The molecule has 2 rings (SSSR count). The highest BCUT2D eigenvalue weighted by Gasteiger charge is 2.33. The number of carbonyl (C=O) groups is 1. The summed E-state index contributed by atoms with van der Waals surface area (Å²) in [5, 5.41) is 10.7. The molecule has 0 amide bonds. The van der Waals surface area contributed by atoms with Gasteiger partial charge in [0.25, 0.3) is 0 Å². The van der Waals surface area contributed by atoms with Gasteiger partial charge in [-0.2, -0.15) is 0 Å². The van der Waals surface area contributed by atoms with E-state index in [0.717, 1.165) is 5.56 Å². The van der Waals surface area contributed by atoms with Gasteiger partial charge in [0.05, 0.1) is 24.7 Å². The first-order valence-corrected chi connectivity index (χ1v) is 6.87. The first-order valence-electron chi connectivity index (χ1n) is 6.87. The molecule has 118 valence electrons. The molecule has 1 saturated heterocycles. The van der Waals surface area contributed by atoms with Gasteiger partial charge >= 0.3 is 5.97 Å². The minimum absolute atomic E-state index is 0.100. The van der Waals surface area contributed by atoms with Crippen LogP contribution in [0, 0.1) is 10.1 Å². The second-order valence-corrected chi connectivity index (χ2v) is 4.77. The second-order valence-electron chi connectivity index (χ2n) is 4.77. The lowest BCUT2D eigenvalue weighted by molar-refractivity contribution is -0.401. The largest absolute Gasteiger partial charge is 0.462 e. The molecule has 0 unspecified atom stereocenters. The highest BCUT2D eigenvalue weighted by Crippen LogP contribution is 2.31. The highest BCUT2D eigenvalue weighted by molar-refractivity contribution is 6.16. The molecule has 0 aliphatic carbocycles. The number of hydrogen-bond acceptors (Lipinski definition) is 6. The Hall–Kier alpha value is -2.25. The molecule has 7 heteroatoms. The molecule has 7 nitrogen and oxygen atoms in total. The van der Waals surface area contributed by atoms with Crippen molar-refractivity contribution in [2.75, 3.05) is 19.8 Å². The van der Waals surface area contributed by atoms with E-state index in [0.29, 0.717) is 25.0 Å². The lowest BCUT2D eigenvalue weighted by Crippen LogP contribution is -2.22. The summed E-state index contributed by atoms with van der Waals surface area (Å²) in [6, 6.07) is 6.65. The molecular formula is C15H17NO6. The van der Waals surface area contributed by atoms with Crippen LogP contribution in [-0.4, -0.2) is 30.7 Å². The van der Waals surface area contributed by atoms with E-state index in [9.17, 15) is 14.9 Å². The predicted molar refractivity (Wildman–Crippen MR) is 77.3 cm³/mol. The third kappa shape index (κ3) is 3.49. The molecule has 0 N–H and O–H groups in total. The Labute approximate surface area is 127 Å². The molecule has 1 fully saturated rings. The number of nitro groups is 1. The van der Waals surface area contributed by atoms with Crippen LogP contribution >= 0.6 is 0 Å². The molecule has 0 radical (unpaired) electrons. The maximum atomic E-state index is 11.8. The number of ether oxygens (including phenoxy) is 3. The maximum absolute atomic E-state index is 11.8. The smallest absolute Gasteiger partial charge is 0.345 e. The lowest BCUT2D eigenvalue weighted by Gasteiger charge is -2.22. The zero-order chi connectivity index (χ0) is 16.2. The van der Waals surface area contributed by atoms with Gasteiger partial charge in [-0.15, -0.1) is 0 Å². The number of rotatable bonds is 5. The second kappa shape index (κ2) is 6.67. The fourth-order valence-corrected chi connectivity index (χ4v) is 2.19. The van der Waals surface area contributed by atoms with Crippen LogP contribution in [-0.2, 0) is 24.8 Å². The van der Waals surface area contributed by atoms with Crippen molar-refractivity contribution in [1.29, 1.82) is 0 Å². The topological polar surface area (TPSA) is 87.9 Å². The zero-order valence-corrected chi connectivity index (χ0v) is 12.4. The van der Waals surface area contributed by atoms with Crippen molar-refractivity contribution in [3.8, 4) is 0 Å². The number of carbonyl (C=O) groups excluding carboxylic acids is 1. The fourth-order valence-electron chi connectivity index (χ4n) is 2.19. The summed E-state index contributed by atoms with van der Waals surface area (Å²) in [4.78, 5) is 21.9. The Morgan fingerprint density at radius 2 is 1.95 bits per heavy atom. The minimum atomic E-state index is -0.824. The molecule has 0 aromatic heterocycles. The Balaban J connectivity index is 2.30. The Morgan fingerprint density at radius 1 is 1.36 bits per heavy atom. The molecular weight excluding hydrogens is 290 g/mol. The van der Waals surface area contributed by atoms with Crippen LogP contribution in [0.5, 0.6) is 0 Å². The number of hydrogen-bond donors (Lipinski definition) is 0. The standard InChI is InChI=1S/C15H17NO6/c1-3-20-14(17)13(10-16(18)19)11-4-6-12(7-5-11)15(2)21-8-9-22-15/h4-7,10H,3,8-9H2,1-2H3/b13-10-. The van der Waals surface area contributed by atoms with Crippen molar-refractivity contribution >= 4 is 11.5 Å². The molecule has 0 saturated carbocycles. The summed E-state index contributed by atoms with van der Waals surface area (Å²) in [7, 11) is 0. The molecule has 0 spiro atoms. The van der Waals surface area contributed by atoms with Crippen LogP contribution in [0.25, 0.3) is 5.57 Å². The molecule has 1 aliphatic rings. The fraction of sp³-hybridized carbons (Fsp3) is 0.400. The van der Waals surface area contributed by atoms with Crippen molar-refractivity contribution in [3.05, 3.63) is 51.7 Å². The SMILES string of the molecule is CCOC(=O)/C(=C\[N+](=O)[O-])c1ccc(C2(C)OCCO2)cc1. The molecule has 1 aromatic rings. The van der Waals surface area contributed by atoms with Crippen LogP contribution in [0.3, 0.4) is 0 Å². The third-order valence-electron chi connectivity index (χ3n) is 3.29. The van der Waals surface area contributed by atoms with Crippen molar-refractivity contribution in [3.63, 3.8) is 0 Å². The molecule has 1 heterocycles. The maximum Gasteiger partial charge on any atom is 0.345 e. The summed E-state index contributed by atoms with van der Waals surface area (Å²) in [5.74, 6) is -1.55. The average Bonchev–Trinajstić information content (AvgIpc) is 2.93. The first-order chi connectivity index (χ1) is 10.5. The van der Waals surface area contributed by atoms with Gasteiger partial charge in [-0.3, -0.25) is 10.1 Å². The van der Waals surface area contributed by atoms with E-state index in [1.54, 1.807) is 38.1 Å². The van der Waals surface area contributed by atoms with Gasteiger partial charge in [0, 0.05) is 5.56 Å². The summed E-state index contributed by atoms with van der Waals surface area (Å²) in [6.07, 6.45) is 0.650. The Kier molecular flexibility index (Phi) is 4.89. The van der Waals surface area contributed by atoms with Gasteiger partial charge in [-0.25, -0.2) is 4.79 Å². The minimum Gasteiger partial charge on any atom is -0.462 e. The van der Waals surface area contributed by atoms with Gasteiger partial charge in [0.2, 0.25) is 6.20 Å². The Morgan fingerprint density at radius 3 is 2.45 bits per heavy atom. The van der Waals surface area contributed by atoms with Gasteiger partial charge < -0.3 is 14.2 Å².